The highest BCUT2D eigenvalue weighted by Gasteiger charge is 2.48. The Morgan fingerprint density at radius 2 is 0.839 bits per heavy atom. The van der Waals surface area contributed by atoms with E-state index in [-0.39, 0.29) is 0 Å². The van der Waals surface area contributed by atoms with Crippen LogP contribution in [-0.4, -0.2) is 0 Å². The van der Waals surface area contributed by atoms with Gasteiger partial charge in [-0.2, -0.15) is 0 Å². The van der Waals surface area contributed by atoms with Crippen LogP contribution in [0.4, 0.5) is 0 Å². The minimum absolute atomic E-state index is 0.523. The van der Waals surface area contributed by atoms with Crippen LogP contribution < -0.4 is 19.7 Å². The summed E-state index contributed by atoms with van der Waals surface area (Å²) in [4.78, 5) is 0. The monoisotopic (exact) mass is 462 g/mol. The average molecular weight is 462 g/mol. The molecule has 0 aliphatic carbocycles. The van der Waals surface area contributed by atoms with Crippen LogP contribution >= 0.6 is 24.1 Å². The summed E-state index contributed by atoms with van der Waals surface area (Å²) in [6, 6.07) is 29.8. The second-order valence-corrected chi connectivity index (χ2v) is 15.6. The predicted molar refractivity (Wildman–Crippen MR) is 127 cm³/mol. The van der Waals surface area contributed by atoms with E-state index in [2.05, 4.69) is 0 Å². The summed E-state index contributed by atoms with van der Waals surface area (Å²) in [5.74, 6) is 1.05. The van der Waals surface area contributed by atoms with E-state index in [1.807, 2.05) is 72.8 Å². The summed E-state index contributed by atoms with van der Waals surface area (Å²) < 4.78 is 40.8. The lowest BCUT2D eigenvalue weighted by Crippen LogP contribution is -2.19. The number of hydrogen-bond donors (Lipinski definition) is 0. The zero-order valence-electron chi connectivity index (χ0n) is 16.2. The first-order chi connectivity index (χ1) is 15.1. The summed E-state index contributed by atoms with van der Waals surface area (Å²) in [5, 5.41) is 1.10. The van der Waals surface area contributed by atoms with E-state index in [1.165, 1.54) is 0 Å². The molecule has 0 amide bonds. The second-order valence-electron chi connectivity index (χ2n) is 7.29. The molecule has 2 heterocycles. The van der Waals surface area contributed by atoms with Crippen molar-refractivity contribution >= 4 is 34.8 Å². The molecule has 4 nitrogen and oxygen atoms in total. The summed E-state index contributed by atoms with van der Waals surface area (Å²) >= 11 is 0.825. The molecular formula is C24H16O4P2S. The molecule has 2 aliphatic heterocycles. The van der Waals surface area contributed by atoms with E-state index in [4.69, 9.17) is 9.05 Å². The molecule has 4 aromatic rings. The Kier molecular flexibility index (Phi) is 4.23. The fourth-order valence-electron chi connectivity index (χ4n) is 4.04. The fourth-order valence-corrected chi connectivity index (χ4v) is 14.9. The van der Waals surface area contributed by atoms with Crippen molar-refractivity contribution in [1.29, 1.82) is 0 Å². The molecule has 4 aromatic carbocycles. The molecule has 6 rings (SSSR count). The number of para-hydroxylation sites is 2. The molecule has 152 valence electrons. The lowest BCUT2D eigenvalue weighted by molar-refractivity contribution is 0.504. The van der Waals surface area contributed by atoms with Gasteiger partial charge in [-0.15, -0.1) is 0 Å². The van der Waals surface area contributed by atoms with Crippen LogP contribution in [0.15, 0.2) is 97.1 Å². The van der Waals surface area contributed by atoms with E-state index < -0.39 is 13.1 Å². The molecule has 7 heteroatoms. The van der Waals surface area contributed by atoms with Crippen LogP contribution in [0.1, 0.15) is 0 Å². The van der Waals surface area contributed by atoms with Gasteiger partial charge in [-0.05, 0) is 24.3 Å². The van der Waals surface area contributed by atoms with E-state index in [0.29, 0.717) is 22.1 Å². The lowest BCUT2D eigenvalue weighted by atomic mass is 10.0. The van der Waals surface area contributed by atoms with Gasteiger partial charge >= 0.3 is 13.1 Å². The number of rotatable bonds is 2. The van der Waals surface area contributed by atoms with Crippen LogP contribution in [0.5, 0.6) is 11.5 Å². The van der Waals surface area contributed by atoms with Crippen molar-refractivity contribution in [3.8, 4) is 33.8 Å². The van der Waals surface area contributed by atoms with Gasteiger partial charge in [0.15, 0.2) is 0 Å². The third-order valence-electron chi connectivity index (χ3n) is 5.40. The smallest absolute Gasteiger partial charge is 0.344 e. The van der Waals surface area contributed by atoms with E-state index in [0.717, 1.165) is 33.3 Å². The Morgan fingerprint density at radius 3 is 1.29 bits per heavy atom. The molecule has 31 heavy (non-hydrogen) atoms. The van der Waals surface area contributed by atoms with Crippen LogP contribution in [0.2, 0.25) is 0 Å². The van der Waals surface area contributed by atoms with Gasteiger partial charge in [0.2, 0.25) is 0 Å². The first-order valence-corrected chi connectivity index (χ1v) is 15.0. The van der Waals surface area contributed by atoms with Gasteiger partial charge in [-0.25, -0.2) is 0 Å². The lowest BCUT2D eigenvalue weighted by Gasteiger charge is -2.32. The first-order valence-electron chi connectivity index (χ1n) is 9.76. The topological polar surface area (TPSA) is 52.6 Å². The molecule has 0 aromatic heterocycles. The maximum Gasteiger partial charge on any atom is 0.344 e. The summed E-state index contributed by atoms with van der Waals surface area (Å²) in [5.41, 5.74) is 3.41. The van der Waals surface area contributed by atoms with Crippen LogP contribution in [-0.2, 0) is 9.13 Å². The minimum Gasteiger partial charge on any atom is -0.432 e. The van der Waals surface area contributed by atoms with E-state index >= 15 is 0 Å². The summed E-state index contributed by atoms with van der Waals surface area (Å²) in [7, 11) is 0. The third kappa shape index (κ3) is 2.92. The Morgan fingerprint density at radius 1 is 0.484 bits per heavy atom. The Balaban J connectivity index is 1.52. The largest absolute Gasteiger partial charge is 0.432 e. The zero-order valence-corrected chi connectivity index (χ0v) is 18.8. The van der Waals surface area contributed by atoms with Crippen molar-refractivity contribution in [1.82, 2.24) is 0 Å². The molecule has 2 aliphatic rings. The van der Waals surface area contributed by atoms with Gasteiger partial charge in [-0.3, -0.25) is 9.13 Å². The predicted octanol–water partition coefficient (Wildman–Crippen LogP) is 6.88. The van der Waals surface area contributed by atoms with Crippen molar-refractivity contribution in [2.75, 3.05) is 0 Å². The summed E-state index contributed by atoms with van der Waals surface area (Å²) in [6.07, 6.45) is 0. The van der Waals surface area contributed by atoms with Crippen LogP contribution in [0.3, 0.4) is 0 Å². The Hall–Kier alpha value is -2.71. The number of fused-ring (bicyclic) bond motifs is 6. The average Bonchev–Trinajstić information content (AvgIpc) is 2.79. The molecule has 0 N–H and O–H groups in total. The minimum atomic E-state index is -3.61. The van der Waals surface area contributed by atoms with E-state index in [1.54, 1.807) is 24.3 Å². The van der Waals surface area contributed by atoms with Crippen molar-refractivity contribution < 1.29 is 18.2 Å². The molecule has 0 saturated carbocycles. The second kappa shape index (κ2) is 6.90. The quantitative estimate of drug-likeness (QED) is 0.304. The molecule has 2 unspecified atom stereocenters. The Bertz CT molecular complexity index is 1340. The number of benzene rings is 4. The Labute approximate surface area is 183 Å². The van der Waals surface area contributed by atoms with Crippen LogP contribution in [0.25, 0.3) is 22.3 Å². The van der Waals surface area contributed by atoms with Crippen LogP contribution in [0, 0.1) is 0 Å². The standard InChI is InChI=1S/C24H16O4P2S/c25-29(23-15-7-3-11-19(23)17-9-1-5-13-21(17)27-29)31-30(26)24-16-8-4-12-20(24)18-10-2-6-14-22(18)28-30/h1-16H. The highest BCUT2D eigenvalue weighted by molar-refractivity contribution is 8.88. The number of hydrogen-bond acceptors (Lipinski definition) is 5. The zero-order chi connectivity index (χ0) is 21.1. The van der Waals surface area contributed by atoms with Gasteiger partial charge < -0.3 is 9.05 Å². The van der Waals surface area contributed by atoms with Gasteiger partial charge in [0.05, 0.1) is 21.6 Å². The van der Waals surface area contributed by atoms with Crippen molar-refractivity contribution in [2.24, 2.45) is 0 Å². The molecule has 0 radical (unpaired) electrons. The van der Waals surface area contributed by atoms with E-state index in [9.17, 15) is 9.13 Å². The maximum atomic E-state index is 14.3. The fraction of sp³-hybridized carbons (Fsp3) is 0. The third-order valence-corrected chi connectivity index (χ3v) is 15.5. The molecule has 2 atom stereocenters. The molecule has 0 spiro atoms. The van der Waals surface area contributed by atoms with Crippen molar-refractivity contribution in [3.05, 3.63) is 97.1 Å². The highest BCUT2D eigenvalue weighted by atomic mass is 33.1. The molecule has 0 fully saturated rings. The van der Waals surface area contributed by atoms with Gasteiger partial charge in [-0.1, -0.05) is 72.8 Å². The molecule has 0 bridgehead atoms. The first kappa shape index (κ1) is 19.0. The summed E-state index contributed by atoms with van der Waals surface area (Å²) in [6.45, 7) is -7.22. The van der Waals surface area contributed by atoms with Crippen molar-refractivity contribution in [3.63, 3.8) is 0 Å². The van der Waals surface area contributed by atoms with Gasteiger partial charge in [0.1, 0.15) is 11.5 Å². The maximum absolute atomic E-state index is 14.3. The van der Waals surface area contributed by atoms with Gasteiger partial charge in [0.25, 0.3) is 0 Å². The molecule has 0 saturated heterocycles. The van der Waals surface area contributed by atoms with Crippen molar-refractivity contribution in [2.45, 2.75) is 0 Å². The highest BCUT2D eigenvalue weighted by Crippen LogP contribution is 2.79. The SMILES string of the molecule is O=P1(SP2(=O)Oc3ccccc3-c3ccccc32)Oc2ccccc2-c2ccccc21. The normalized spacial score (nSPS) is 22.7. The molecular weight excluding hydrogens is 446 g/mol. The van der Waals surface area contributed by atoms with Gasteiger partial charge in [0, 0.05) is 22.3 Å².